The summed E-state index contributed by atoms with van der Waals surface area (Å²) in [6.45, 7) is 1.81. The molecule has 1 atom stereocenters. The number of carbonyl (C=O) groups is 1. The zero-order valence-electron chi connectivity index (χ0n) is 19.0. The molecular formula is C26H22ClN5O3. The number of phenolic OH excluding ortho intramolecular Hbond substituents is 1. The standard InChI is InChI=1S/C26H22ClN5O3/c1-15-22(25(34)29-20-11-3-4-12-21(20)35-2)23(16-7-6-10-19(33)14-16)32-26(28-15)30-24(31-32)17-8-5-9-18(27)13-17/h3-14,23,33H,1-2H3,(H,29,34)(H,28,30,31). The highest BCUT2D eigenvalue weighted by atomic mass is 35.5. The number of carbonyl (C=O) groups excluding carboxylic acids is 1. The molecule has 1 aliphatic rings. The molecule has 3 N–H and O–H groups in total. The summed E-state index contributed by atoms with van der Waals surface area (Å²) in [5.74, 6) is 1.22. The van der Waals surface area contributed by atoms with E-state index < -0.39 is 6.04 Å². The zero-order valence-corrected chi connectivity index (χ0v) is 19.7. The molecule has 0 bridgehead atoms. The summed E-state index contributed by atoms with van der Waals surface area (Å²) in [6, 6.07) is 20.6. The van der Waals surface area contributed by atoms with E-state index in [1.165, 1.54) is 0 Å². The van der Waals surface area contributed by atoms with Crippen LogP contribution in [-0.4, -0.2) is 32.9 Å². The van der Waals surface area contributed by atoms with E-state index in [1.807, 2.05) is 37.3 Å². The lowest BCUT2D eigenvalue weighted by Crippen LogP contribution is -2.31. The van der Waals surface area contributed by atoms with Crippen LogP contribution in [-0.2, 0) is 4.79 Å². The predicted molar refractivity (Wildman–Crippen MR) is 135 cm³/mol. The third-order valence-corrected chi connectivity index (χ3v) is 5.96. The molecule has 35 heavy (non-hydrogen) atoms. The number of nitrogens with zero attached hydrogens (tertiary/aromatic N) is 3. The highest BCUT2D eigenvalue weighted by Gasteiger charge is 2.35. The van der Waals surface area contributed by atoms with Gasteiger partial charge in [0.1, 0.15) is 17.5 Å². The number of aromatic nitrogens is 3. The lowest BCUT2D eigenvalue weighted by atomic mass is 9.95. The number of benzene rings is 3. The molecule has 5 rings (SSSR count). The molecular weight excluding hydrogens is 466 g/mol. The van der Waals surface area contributed by atoms with Crippen molar-refractivity contribution in [3.8, 4) is 22.9 Å². The van der Waals surface area contributed by atoms with Gasteiger partial charge in [-0.3, -0.25) is 4.79 Å². The van der Waals surface area contributed by atoms with Crippen LogP contribution in [0.3, 0.4) is 0 Å². The van der Waals surface area contributed by atoms with Gasteiger partial charge in [-0.2, -0.15) is 4.98 Å². The second-order valence-electron chi connectivity index (χ2n) is 8.03. The van der Waals surface area contributed by atoms with Crippen molar-refractivity contribution >= 4 is 29.1 Å². The number of fused-ring (bicyclic) bond motifs is 1. The lowest BCUT2D eigenvalue weighted by molar-refractivity contribution is -0.113. The molecule has 1 unspecified atom stereocenters. The summed E-state index contributed by atoms with van der Waals surface area (Å²) in [4.78, 5) is 18.3. The Morgan fingerprint density at radius 3 is 2.69 bits per heavy atom. The minimum atomic E-state index is -0.645. The van der Waals surface area contributed by atoms with Crippen LogP contribution in [0.25, 0.3) is 11.4 Å². The number of hydrogen-bond donors (Lipinski definition) is 3. The largest absolute Gasteiger partial charge is 0.508 e. The van der Waals surface area contributed by atoms with E-state index in [9.17, 15) is 9.90 Å². The van der Waals surface area contributed by atoms with Gasteiger partial charge in [0.15, 0.2) is 5.82 Å². The Labute approximate surface area is 206 Å². The molecule has 176 valence electrons. The van der Waals surface area contributed by atoms with Gasteiger partial charge >= 0.3 is 0 Å². The molecule has 9 heteroatoms. The van der Waals surface area contributed by atoms with Gasteiger partial charge in [-0.25, -0.2) is 4.68 Å². The number of ether oxygens (including phenoxy) is 1. The van der Waals surface area contributed by atoms with Crippen LogP contribution in [0.4, 0.5) is 11.6 Å². The van der Waals surface area contributed by atoms with E-state index in [-0.39, 0.29) is 11.7 Å². The van der Waals surface area contributed by atoms with Crippen LogP contribution < -0.4 is 15.4 Å². The van der Waals surface area contributed by atoms with E-state index >= 15 is 0 Å². The van der Waals surface area contributed by atoms with E-state index in [2.05, 4.69) is 15.6 Å². The highest BCUT2D eigenvalue weighted by Crippen LogP contribution is 2.38. The van der Waals surface area contributed by atoms with Crippen molar-refractivity contribution in [1.29, 1.82) is 0 Å². The van der Waals surface area contributed by atoms with Crippen molar-refractivity contribution in [2.24, 2.45) is 0 Å². The number of rotatable bonds is 5. The molecule has 0 aliphatic carbocycles. The minimum absolute atomic E-state index is 0.0832. The number of nitrogens with one attached hydrogen (secondary N) is 2. The number of halogens is 1. The Hall–Kier alpha value is -4.30. The van der Waals surface area contributed by atoms with Crippen molar-refractivity contribution in [3.63, 3.8) is 0 Å². The molecule has 4 aromatic rings. The second kappa shape index (κ2) is 9.15. The second-order valence-corrected chi connectivity index (χ2v) is 8.47. The maximum Gasteiger partial charge on any atom is 0.255 e. The summed E-state index contributed by atoms with van der Waals surface area (Å²) < 4.78 is 7.04. The van der Waals surface area contributed by atoms with Gasteiger partial charge in [0, 0.05) is 16.3 Å². The summed E-state index contributed by atoms with van der Waals surface area (Å²) in [7, 11) is 1.55. The number of anilines is 2. The number of aromatic hydroxyl groups is 1. The zero-order chi connectivity index (χ0) is 24.5. The summed E-state index contributed by atoms with van der Waals surface area (Å²) in [5, 5.41) is 21.6. The van der Waals surface area contributed by atoms with Crippen LogP contribution in [0.1, 0.15) is 18.5 Å². The number of allylic oxidation sites excluding steroid dienone is 1. The topological polar surface area (TPSA) is 101 Å². The molecule has 0 spiro atoms. The van der Waals surface area contributed by atoms with Gasteiger partial charge in [0.2, 0.25) is 5.95 Å². The average Bonchev–Trinajstić information content (AvgIpc) is 3.27. The van der Waals surface area contributed by atoms with Crippen molar-refractivity contribution in [2.45, 2.75) is 13.0 Å². The first-order chi connectivity index (χ1) is 16.9. The van der Waals surface area contributed by atoms with Gasteiger partial charge in [0.05, 0.1) is 18.4 Å². The first-order valence-corrected chi connectivity index (χ1v) is 11.3. The molecule has 8 nitrogen and oxygen atoms in total. The average molecular weight is 488 g/mol. The molecule has 2 heterocycles. The smallest absolute Gasteiger partial charge is 0.255 e. The van der Waals surface area contributed by atoms with Crippen LogP contribution in [0.5, 0.6) is 11.5 Å². The molecule has 0 saturated carbocycles. The normalized spacial score (nSPS) is 14.8. The van der Waals surface area contributed by atoms with E-state index in [4.69, 9.17) is 21.4 Å². The maximum absolute atomic E-state index is 13.6. The number of amides is 1. The first kappa shape index (κ1) is 22.5. The van der Waals surface area contributed by atoms with Crippen molar-refractivity contribution in [1.82, 2.24) is 14.8 Å². The van der Waals surface area contributed by atoms with Crippen LogP contribution >= 0.6 is 11.6 Å². The Kier molecular flexibility index (Phi) is 5.88. The van der Waals surface area contributed by atoms with Crippen molar-refractivity contribution in [3.05, 3.63) is 94.7 Å². The SMILES string of the molecule is COc1ccccc1NC(=O)C1=C(C)Nc2nc(-c3cccc(Cl)c3)nn2C1c1cccc(O)c1. The van der Waals surface area contributed by atoms with Crippen molar-refractivity contribution < 1.29 is 14.6 Å². The van der Waals surface area contributed by atoms with Crippen LogP contribution in [0, 0.1) is 0 Å². The molecule has 1 aromatic heterocycles. The Bertz CT molecular complexity index is 1460. The minimum Gasteiger partial charge on any atom is -0.508 e. The maximum atomic E-state index is 13.6. The van der Waals surface area contributed by atoms with Gasteiger partial charge < -0.3 is 20.5 Å². The van der Waals surface area contributed by atoms with E-state index in [0.29, 0.717) is 45.1 Å². The molecule has 0 saturated heterocycles. The fourth-order valence-corrected chi connectivity index (χ4v) is 4.33. The summed E-state index contributed by atoms with van der Waals surface area (Å²) >= 11 is 6.18. The lowest BCUT2D eigenvalue weighted by Gasteiger charge is -2.29. The molecule has 3 aromatic carbocycles. The fraction of sp³-hybridized carbons (Fsp3) is 0.115. The fourth-order valence-electron chi connectivity index (χ4n) is 4.14. The predicted octanol–water partition coefficient (Wildman–Crippen LogP) is 5.24. The van der Waals surface area contributed by atoms with E-state index in [1.54, 1.807) is 54.3 Å². The van der Waals surface area contributed by atoms with Crippen LogP contribution in [0.2, 0.25) is 5.02 Å². The summed E-state index contributed by atoms with van der Waals surface area (Å²) in [6.07, 6.45) is 0. The Morgan fingerprint density at radius 2 is 1.91 bits per heavy atom. The molecule has 1 amide bonds. The number of hydrogen-bond acceptors (Lipinski definition) is 6. The van der Waals surface area contributed by atoms with Crippen LogP contribution in [0.15, 0.2) is 84.1 Å². The van der Waals surface area contributed by atoms with Gasteiger partial charge in [-0.1, -0.05) is 48.0 Å². The highest BCUT2D eigenvalue weighted by molar-refractivity contribution is 6.30. The summed E-state index contributed by atoms with van der Waals surface area (Å²) in [5.41, 5.74) is 3.01. The van der Waals surface area contributed by atoms with E-state index in [0.717, 1.165) is 5.56 Å². The molecule has 0 fully saturated rings. The number of phenols is 1. The number of methoxy groups -OCH3 is 1. The van der Waals surface area contributed by atoms with Gasteiger partial charge in [-0.05, 0) is 48.9 Å². The van der Waals surface area contributed by atoms with Gasteiger partial charge in [0.25, 0.3) is 5.91 Å². The molecule has 1 aliphatic heterocycles. The monoisotopic (exact) mass is 487 g/mol. The van der Waals surface area contributed by atoms with Crippen molar-refractivity contribution in [2.75, 3.05) is 17.7 Å². The quantitative estimate of drug-likeness (QED) is 0.356. The molecule has 0 radical (unpaired) electrons. The Balaban J connectivity index is 1.61. The third-order valence-electron chi connectivity index (χ3n) is 5.72. The Morgan fingerprint density at radius 1 is 1.11 bits per heavy atom. The van der Waals surface area contributed by atoms with Gasteiger partial charge in [-0.15, -0.1) is 5.10 Å². The first-order valence-electron chi connectivity index (χ1n) is 10.9. The number of para-hydroxylation sites is 2. The third kappa shape index (κ3) is 4.31.